The zero-order valence-corrected chi connectivity index (χ0v) is 9.25. The topological polar surface area (TPSA) is 17.1 Å². The van der Waals surface area contributed by atoms with E-state index in [0.29, 0.717) is 24.0 Å². The molecular formula is C13H20O. The molecule has 0 aliphatic heterocycles. The molecule has 0 saturated carbocycles. The first-order valence-corrected chi connectivity index (χ1v) is 5.48. The molecule has 0 saturated heterocycles. The fourth-order valence-electron chi connectivity index (χ4n) is 1.87. The van der Waals surface area contributed by atoms with Crippen LogP contribution < -0.4 is 0 Å². The van der Waals surface area contributed by atoms with Gasteiger partial charge in [0.2, 0.25) is 0 Å². The van der Waals surface area contributed by atoms with Crippen molar-refractivity contribution >= 4 is 5.78 Å². The van der Waals surface area contributed by atoms with E-state index in [1.807, 2.05) is 6.08 Å². The lowest BCUT2D eigenvalue weighted by Crippen LogP contribution is -2.07. The summed E-state index contributed by atoms with van der Waals surface area (Å²) in [4.78, 5) is 11.7. The molecule has 0 amide bonds. The summed E-state index contributed by atoms with van der Waals surface area (Å²) >= 11 is 0. The molecule has 1 atom stereocenters. The third-order valence-corrected chi connectivity index (χ3v) is 3.03. The van der Waals surface area contributed by atoms with Gasteiger partial charge in [-0.3, -0.25) is 4.79 Å². The quantitative estimate of drug-likeness (QED) is 0.609. The van der Waals surface area contributed by atoms with Crippen LogP contribution in [-0.2, 0) is 4.79 Å². The molecule has 14 heavy (non-hydrogen) atoms. The van der Waals surface area contributed by atoms with Gasteiger partial charge in [-0.15, -0.1) is 6.58 Å². The van der Waals surface area contributed by atoms with Crippen molar-refractivity contribution in [1.29, 1.82) is 0 Å². The Morgan fingerprint density at radius 2 is 2.43 bits per heavy atom. The molecule has 0 fully saturated rings. The van der Waals surface area contributed by atoms with Gasteiger partial charge >= 0.3 is 0 Å². The normalized spacial score (nSPS) is 21.1. The lowest BCUT2D eigenvalue weighted by Gasteiger charge is -2.13. The summed E-state index contributed by atoms with van der Waals surface area (Å²) in [6.07, 6.45) is 7.48. The Kier molecular flexibility index (Phi) is 4.12. The van der Waals surface area contributed by atoms with Gasteiger partial charge in [0.05, 0.1) is 0 Å². The Balaban J connectivity index is 2.40. The van der Waals surface area contributed by atoms with Crippen LogP contribution in [0, 0.1) is 11.8 Å². The molecule has 0 N–H and O–H groups in total. The molecule has 78 valence electrons. The van der Waals surface area contributed by atoms with Crippen molar-refractivity contribution in [1.82, 2.24) is 0 Å². The zero-order valence-electron chi connectivity index (χ0n) is 9.25. The van der Waals surface area contributed by atoms with Gasteiger partial charge in [0.1, 0.15) is 0 Å². The molecule has 0 unspecified atom stereocenters. The van der Waals surface area contributed by atoms with E-state index in [2.05, 4.69) is 26.5 Å². The van der Waals surface area contributed by atoms with Crippen LogP contribution in [0.5, 0.6) is 0 Å². The van der Waals surface area contributed by atoms with Gasteiger partial charge in [-0.05, 0) is 36.7 Å². The van der Waals surface area contributed by atoms with Crippen molar-refractivity contribution in [2.75, 3.05) is 0 Å². The number of Topliss-reactive ketones (excluding diaryl/α,β-unsaturated/α-hetero) is 1. The Labute approximate surface area is 86.9 Å². The highest BCUT2D eigenvalue weighted by Crippen LogP contribution is 2.31. The molecule has 1 aliphatic carbocycles. The van der Waals surface area contributed by atoms with Crippen LogP contribution in [0.4, 0.5) is 0 Å². The number of hydrogen-bond donors (Lipinski definition) is 0. The minimum atomic E-state index is 0.327. The average molecular weight is 192 g/mol. The van der Waals surface area contributed by atoms with Crippen LogP contribution in [0.2, 0.25) is 0 Å². The van der Waals surface area contributed by atoms with Gasteiger partial charge in [0.25, 0.3) is 0 Å². The average Bonchev–Trinajstić information content (AvgIpc) is 2.62. The maximum atomic E-state index is 11.7. The van der Waals surface area contributed by atoms with Crippen molar-refractivity contribution in [3.8, 4) is 0 Å². The molecule has 0 radical (unpaired) electrons. The number of rotatable bonds is 5. The van der Waals surface area contributed by atoms with Crippen LogP contribution in [0.25, 0.3) is 0 Å². The summed E-state index contributed by atoms with van der Waals surface area (Å²) in [6.45, 7) is 8.09. The molecular weight excluding hydrogens is 172 g/mol. The number of carbonyl (C=O) groups excluding carboxylic acids is 1. The summed E-state index contributed by atoms with van der Waals surface area (Å²) in [5.74, 6) is 1.71. The van der Waals surface area contributed by atoms with Crippen molar-refractivity contribution in [2.45, 2.75) is 39.5 Å². The molecule has 0 heterocycles. The van der Waals surface area contributed by atoms with Gasteiger partial charge in [0, 0.05) is 6.42 Å². The van der Waals surface area contributed by atoms with E-state index in [4.69, 9.17) is 0 Å². The Hall–Kier alpha value is -0.850. The van der Waals surface area contributed by atoms with Crippen molar-refractivity contribution in [3.05, 3.63) is 24.3 Å². The number of hydrogen-bond acceptors (Lipinski definition) is 1. The number of allylic oxidation sites excluding steroid dienone is 3. The predicted molar refractivity (Wildman–Crippen MR) is 60.1 cm³/mol. The van der Waals surface area contributed by atoms with Crippen LogP contribution in [0.1, 0.15) is 39.5 Å². The fourth-order valence-corrected chi connectivity index (χ4v) is 1.87. The monoisotopic (exact) mass is 192 g/mol. The molecule has 0 spiro atoms. The second-order valence-electron chi connectivity index (χ2n) is 4.42. The van der Waals surface area contributed by atoms with E-state index in [1.165, 1.54) is 0 Å². The first kappa shape index (κ1) is 11.2. The molecule has 0 aromatic carbocycles. The highest BCUT2D eigenvalue weighted by Gasteiger charge is 2.23. The van der Waals surface area contributed by atoms with Crippen LogP contribution >= 0.6 is 0 Å². The minimum Gasteiger partial charge on any atom is -0.295 e. The second-order valence-corrected chi connectivity index (χ2v) is 4.42. The van der Waals surface area contributed by atoms with Gasteiger partial charge in [-0.2, -0.15) is 0 Å². The lowest BCUT2D eigenvalue weighted by atomic mass is 9.91. The first-order chi connectivity index (χ1) is 6.65. The first-order valence-electron chi connectivity index (χ1n) is 5.48. The van der Waals surface area contributed by atoms with Crippen LogP contribution in [-0.4, -0.2) is 5.78 Å². The summed E-state index contributed by atoms with van der Waals surface area (Å²) in [7, 11) is 0. The van der Waals surface area contributed by atoms with Gasteiger partial charge in [0.15, 0.2) is 5.78 Å². The maximum Gasteiger partial charge on any atom is 0.158 e. The minimum absolute atomic E-state index is 0.327. The fraction of sp³-hybridized carbons (Fsp3) is 0.615. The Morgan fingerprint density at radius 1 is 1.71 bits per heavy atom. The predicted octanol–water partition coefficient (Wildman–Crippen LogP) is 3.51. The zero-order chi connectivity index (χ0) is 10.6. The molecule has 0 aromatic heterocycles. The summed E-state index contributed by atoms with van der Waals surface area (Å²) in [5.41, 5.74) is 1.06. The Bertz CT molecular complexity index is 248. The lowest BCUT2D eigenvalue weighted by molar-refractivity contribution is -0.115. The van der Waals surface area contributed by atoms with E-state index in [1.54, 1.807) is 0 Å². The smallest absolute Gasteiger partial charge is 0.158 e. The van der Waals surface area contributed by atoms with Crippen molar-refractivity contribution in [3.63, 3.8) is 0 Å². The largest absolute Gasteiger partial charge is 0.295 e. The summed E-state index contributed by atoms with van der Waals surface area (Å²) in [5, 5.41) is 0. The highest BCUT2D eigenvalue weighted by atomic mass is 16.1. The third-order valence-electron chi connectivity index (χ3n) is 3.03. The molecule has 1 heteroatoms. The van der Waals surface area contributed by atoms with E-state index in [0.717, 1.165) is 24.8 Å². The second kappa shape index (κ2) is 5.14. The number of carbonyl (C=O) groups is 1. The van der Waals surface area contributed by atoms with Crippen molar-refractivity contribution < 1.29 is 4.79 Å². The summed E-state index contributed by atoms with van der Waals surface area (Å²) in [6, 6.07) is 0. The van der Waals surface area contributed by atoms with Gasteiger partial charge in [-0.25, -0.2) is 0 Å². The molecule has 0 aromatic rings. The Morgan fingerprint density at radius 3 is 2.93 bits per heavy atom. The molecule has 1 rings (SSSR count). The van der Waals surface area contributed by atoms with Crippen LogP contribution in [0.15, 0.2) is 24.3 Å². The highest BCUT2D eigenvalue weighted by molar-refractivity contribution is 5.95. The molecule has 1 aliphatic rings. The van der Waals surface area contributed by atoms with Crippen molar-refractivity contribution in [2.24, 2.45) is 11.8 Å². The standard InChI is InChI=1S/C13H20O/c1-4-5-6-13(14)12-8-7-11(9-12)10(2)3/h4,8,10-11H,1,5-7,9H2,2-3H3/t11-/m0/s1. The molecule has 0 bridgehead atoms. The van der Waals surface area contributed by atoms with E-state index in [-0.39, 0.29) is 0 Å². The van der Waals surface area contributed by atoms with E-state index < -0.39 is 0 Å². The van der Waals surface area contributed by atoms with Gasteiger partial charge in [-0.1, -0.05) is 26.0 Å². The SMILES string of the molecule is C=CCCC(=O)C1=CC[C@H](C(C)C)C1. The van der Waals surface area contributed by atoms with E-state index >= 15 is 0 Å². The molecule has 1 nitrogen and oxygen atoms in total. The van der Waals surface area contributed by atoms with Crippen LogP contribution in [0.3, 0.4) is 0 Å². The summed E-state index contributed by atoms with van der Waals surface area (Å²) < 4.78 is 0. The third kappa shape index (κ3) is 2.83. The number of ketones is 1. The maximum absolute atomic E-state index is 11.7. The van der Waals surface area contributed by atoms with Gasteiger partial charge < -0.3 is 0 Å². The van der Waals surface area contributed by atoms with E-state index in [9.17, 15) is 4.79 Å².